The van der Waals surface area contributed by atoms with E-state index in [2.05, 4.69) is 115 Å². The molecule has 0 bridgehead atoms. The summed E-state index contributed by atoms with van der Waals surface area (Å²) >= 11 is 0. The molecule has 0 N–H and O–H groups in total. The first-order valence-corrected chi connectivity index (χ1v) is 15.5. The summed E-state index contributed by atoms with van der Waals surface area (Å²) in [6.07, 6.45) is 11.3. The van der Waals surface area contributed by atoms with E-state index in [1.165, 1.54) is 22.3 Å². The summed E-state index contributed by atoms with van der Waals surface area (Å²) in [5.41, 5.74) is 5.19. The quantitative estimate of drug-likeness (QED) is 0.195. The van der Waals surface area contributed by atoms with Gasteiger partial charge in [0.1, 0.15) is 5.75 Å². The molecule has 0 aliphatic carbocycles. The molecule has 2 aliphatic rings. The van der Waals surface area contributed by atoms with Crippen LogP contribution in [0.15, 0.2) is 121 Å². The Kier molecular flexibility index (Phi) is 9.49. The van der Waals surface area contributed by atoms with Gasteiger partial charge in [-0.2, -0.15) is 0 Å². The van der Waals surface area contributed by atoms with Crippen molar-refractivity contribution in [1.82, 2.24) is 0 Å². The molecule has 4 aromatic carbocycles. The topological polar surface area (TPSA) is 27.7 Å². The lowest BCUT2D eigenvalue weighted by Gasteiger charge is -2.50. The van der Waals surface area contributed by atoms with Crippen LogP contribution in [-0.2, 0) is 22.3 Å². The predicted octanol–water partition coefficient (Wildman–Crippen LogP) is 8.89. The summed E-state index contributed by atoms with van der Waals surface area (Å²) in [4.78, 5) is 0. The van der Waals surface area contributed by atoms with Crippen molar-refractivity contribution in [1.29, 1.82) is 0 Å². The van der Waals surface area contributed by atoms with E-state index in [-0.39, 0.29) is 30.3 Å². The van der Waals surface area contributed by atoms with Crippen LogP contribution in [0.2, 0.25) is 0 Å². The van der Waals surface area contributed by atoms with Crippen molar-refractivity contribution >= 4 is 6.08 Å². The number of allylic oxidation sites excluding steroid dienone is 1. The zero-order valence-corrected chi connectivity index (χ0v) is 24.6. The fourth-order valence-corrected chi connectivity index (χ4v) is 6.79. The molecule has 3 nitrogen and oxygen atoms in total. The molecule has 6 rings (SSSR count). The van der Waals surface area contributed by atoms with Crippen molar-refractivity contribution in [2.24, 2.45) is 11.8 Å². The Balaban J connectivity index is 1.25. The summed E-state index contributed by atoms with van der Waals surface area (Å²) in [6.45, 7) is 0. The summed E-state index contributed by atoms with van der Waals surface area (Å²) in [5.74, 6) is 1.54. The predicted molar refractivity (Wildman–Crippen MR) is 170 cm³/mol. The second kappa shape index (κ2) is 14.0. The molecule has 3 heteroatoms. The minimum atomic E-state index is 0.00585. The summed E-state index contributed by atoms with van der Waals surface area (Å²) in [6, 6.07) is 40.7. The average Bonchev–Trinajstić information content (AvgIpc) is 3.06. The lowest BCUT2D eigenvalue weighted by Crippen LogP contribution is -2.50. The van der Waals surface area contributed by atoms with Gasteiger partial charge in [0.25, 0.3) is 0 Å². The summed E-state index contributed by atoms with van der Waals surface area (Å²) in [5, 5.41) is 0. The maximum Gasteiger partial charge on any atom is 0.118 e. The number of hydrogen-bond donors (Lipinski definition) is 0. The SMILES string of the molecule is COc1ccc(CC[C@H]2C[C@H]3O[C@@H](CCc4ccccc4)C[C@@H](/C=C/c4ccccc4)[C@@H]3[C@@H](c3ccccc3)O2)cc1. The third kappa shape index (κ3) is 7.21. The molecule has 42 heavy (non-hydrogen) atoms. The van der Waals surface area contributed by atoms with E-state index in [1.807, 2.05) is 12.1 Å². The zero-order chi connectivity index (χ0) is 28.6. The third-order valence-electron chi connectivity index (χ3n) is 8.99. The van der Waals surface area contributed by atoms with Gasteiger partial charge in [0.2, 0.25) is 0 Å². The van der Waals surface area contributed by atoms with Crippen molar-refractivity contribution in [3.63, 3.8) is 0 Å². The first-order valence-electron chi connectivity index (χ1n) is 15.5. The minimum Gasteiger partial charge on any atom is -0.497 e. The Bertz CT molecular complexity index is 1380. The molecule has 0 unspecified atom stereocenters. The van der Waals surface area contributed by atoms with Crippen molar-refractivity contribution < 1.29 is 14.2 Å². The molecular weight excluding hydrogens is 516 g/mol. The third-order valence-corrected chi connectivity index (χ3v) is 8.99. The Morgan fingerprint density at radius 2 is 1.26 bits per heavy atom. The Hall–Kier alpha value is -3.66. The maximum absolute atomic E-state index is 7.03. The molecule has 6 atom stereocenters. The first-order chi connectivity index (χ1) is 20.7. The second-order valence-corrected chi connectivity index (χ2v) is 11.8. The molecule has 0 radical (unpaired) electrons. The molecule has 0 aromatic heterocycles. The Morgan fingerprint density at radius 1 is 0.667 bits per heavy atom. The van der Waals surface area contributed by atoms with Crippen molar-refractivity contribution in [2.75, 3.05) is 7.11 Å². The van der Waals surface area contributed by atoms with Gasteiger partial charge in [0, 0.05) is 12.3 Å². The van der Waals surface area contributed by atoms with E-state index in [4.69, 9.17) is 14.2 Å². The van der Waals surface area contributed by atoms with Crippen molar-refractivity contribution in [2.45, 2.75) is 62.9 Å². The molecule has 4 aromatic rings. The van der Waals surface area contributed by atoms with Gasteiger partial charge in [-0.1, -0.05) is 115 Å². The Labute approximate surface area is 251 Å². The highest BCUT2D eigenvalue weighted by Gasteiger charge is 2.47. The Morgan fingerprint density at radius 3 is 1.93 bits per heavy atom. The minimum absolute atomic E-state index is 0.00585. The van der Waals surface area contributed by atoms with Crippen LogP contribution in [0.1, 0.15) is 54.0 Å². The van der Waals surface area contributed by atoms with Gasteiger partial charge in [0.15, 0.2) is 0 Å². The van der Waals surface area contributed by atoms with E-state index in [1.54, 1.807) is 7.11 Å². The van der Waals surface area contributed by atoms with Gasteiger partial charge >= 0.3 is 0 Å². The molecule has 0 amide bonds. The van der Waals surface area contributed by atoms with E-state index < -0.39 is 0 Å². The number of hydrogen-bond acceptors (Lipinski definition) is 3. The average molecular weight is 559 g/mol. The lowest BCUT2D eigenvalue weighted by molar-refractivity contribution is -0.209. The van der Waals surface area contributed by atoms with Crippen LogP contribution in [0, 0.1) is 11.8 Å². The molecule has 0 spiro atoms. The van der Waals surface area contributed by atoms with E-state index in [9.17, 15) is 0 Å². The molecule has 216 valence electrons. The number of fused-ring (bicyclic) bond motifs is 1. The number of aryl methyl sites for hydroxylation is 2. The van der Waals surface area contributed by atoms with Crippen LogP contribution in [-0.4, -0.2) is 25.4 Å². The van der Waals surface area contributed by atoms with Crippen LogP contribution in [0.25, 0.3) is 6.08 Å². The monoisotopic (exact) mass is 558 g/mol. The lowest BCUT2D eigenvalue weighted by atomic mass is 9.71. The van der Waals surface area contributed by atoms with E-state index in [0.29, 0.717) is 5.92 Å². The molecule has 2 fully saturated rings. The van der Waals surface area contributed by atoms with Gasteiger partial charge < -0.3 is 14.2 Å². The van der Waals surface area contributed by atoms with Crippen LogP contribution in [0.4, 0.5) is 0 Å². The first kappa shape index (κ1) is 28.5. The number of ether oxygens (including phenoxy) is 3. The maximum atomic E-state index is 7.03. The summed E-state index contributed by atoms with van der Waals surface area (Å²) in [7, 11) is 1.71. The fraction of sp³-hybridized carbons (Fsp3) is 0.333. The second-order valence-electron chi connectivity index (χ2n) is 11.8. The van der Waals surface area contributed by atoms with Crippen LogP contribution < -0.4 is 4.74 Å². The standard InChI is InChI=1S/C39H42O3/c1-40-34-23-18-31(19-24-34)21-26-36-28-37-38(39(42-36)32-15-9-4-10-16-32)33(22-17-29-11-5-2-6-12-29)27-35(41-37)25-20-30-13-7-3-8-14-30/h2-19,22-24,33,35-39H,20-21,25-28H2,1H3/b22-17+/t33-,35+,36+,37-,38+,39-/m1/s1. The smallest absolute Gasteiger partial charge is 0.118 e. The van der Waals surface area contributed by atoms with Crippen molar-refractivity contribution in [3.8, 4) is 5.75 Å². The molecule has 0 saturated carbocycles. The van der Waals surface area contributed by atoms with Crippen LogP contribution in [0.3, 0.4) is 0 Å². The highest BCUT2D eigenvalue weighted by atomic mass is 16.5. The highest BCUT2D eigenvalue weighted by Crippen LogP contribution is 2.48. The number of rotatable bonds is 10. The molecule has 2 heterocycles. The molecule has 2 saturated heterocycles. The van der Waals surface area contributed by atoms with Crippen LogP contribution >= 0.6 is 0 Å². The van der Waals surface area contributed by atoms with E-state index >= 15 is 0 Å². The molecule has 2 aliphatic heterocycles. The zero-order valence-electron chi connectivity index (χ0n) is 24.6. The normalized spacial score (nSPS) is 25.6. The van der Waals surface area contributed by atoms with Gasteiger partial charge in [0.05, 0.1) is 31.5 Å². The number of benzene rings is 4. The van der Waals surface area contributed by atoms with Crippen molar-refractivity contribution in [3.05, 3.63) is 144 Å². The fourth-order valence-electron chi connectivity index (χ4n) is 6.79. The highest BCUT2D eigenvalue weighted by molar-refractivity contribution is 5.49. The van der Waals surface area contributed by atoms with Crippen LogP contribution in [0.5, 0.6) is 5.75 Å². The largest absolute Gasteiger partial charge is 0.497 e. The van der Waals surface area contributed by atoms with E-state index in [0.717, 1.165) is 44.3 Å². The van der Waals surface area contributed by atoms with Gasteiger partial charge in [-0.25, -0.2) is 0 Å². The van der Waals surface area contributed by atoms with Gasteiger partial charge in [-0.05, 0) is 72.4 Å². The summed E-state index contributed by atoms with van der Waals surface area (Å²) < 4.78 is 19.4. The van der Waals surface area contributed by atoms with Gasteiger partial charge in [-0.15, -0.1) is 0 Å². The molecular formula is C39H42O3. The van der Waals surface area contributed by atoms with Gasteiger partial charge in [-0.3, -0.25) is 0 Å². The number of methoxy groups -OCH3 is 1.